The van der Waals surface area contributed by atoms with Gasteiger partial charge in [0.2, 0.25) is 11.8 Å². The van der Waals surface area contributed by atoms with Gasteiger partial charge in [-0.15, -0.1) is 0 Å². The van der Waals surface area contributed by atoms with Gasteiger partial charge in [-0.2, -0.15) is 9.97 Å². The summed E-state index contributed by atoms with van der Waals surface area (Å²) in [7, 11) is 5.98. The van der Waals surface area contributed by atoms with Crippen LogP contribution in [0.3, 0.4) is 0 Å². The van der Waals surface area contributed by atoms with Crippen LogP contribution in [0.2, 0.25) is 0 Å². The first-order chi connectivity index (χ1) is 15.0. The number of piperazine rings is 1. The van der Waals surface area contributed by atoms with Crippen LogP contribution in [-0.2, 0) is 0 Å². The maximum absolute atomic E-state index is 13.0. The maximum atomic E-state index is 13.0. The number of amides is 1. The number of H-pyrrole nitrogens is 1. The molecule has 0 aliphatic carbocycles. The molecular weight excluding hydrogens is 394 g/mol. The lowest BCUT2D eigenvalue weighted by Gasteiger charge is -2.32. The summed E-state index contributed by atoms with van der Waals surface area (Å²) in [4.78, 5) is 31.3. The first-order valence-electron chi connectivity index (χ1n) is 10.5. The highest BCUT2D eigenvalue weighted by Crippen LogP contribution is 2.30. The number of ether oxygens (including phenoxy) is 1. The van der Waals surface area contributed by atoms with E-state index in [-0.39, 0.29) is 5.91 Å². The zero-order valence-corrected chi connectivity index (χ0v) is 18.5. The molecule has 0 atom stereocenters. The smallest absolute Gasteiger partial charge is 0.254 e. The molecule has 1 aliphatic heterocycles. The molecule has 164 valence electrons. The number of fused-ring (bicyclic) bond motifs is 1. The van der Waals surface area contributed by atoms with Crippen molar-refractivity contribution >= 4 is 34.3 Å². The van der Waals surface area contributed by atoms with E-state index >= 15 is 0 Å². The summed E-state index contributed by atoms with van der Waals surface area (Å²) < 4.78 is 5.68. The van der Waals surface area contributed by atoms with Gasteiger partial charge in [0.25, 0.3) is 5.91 Å². The van der Waals surface area contributed by atoms with E-state index in [4.69, 9.17) is 4.74 Å². The van der Waals surface area contributed by atoms with Gasteiger partial charge in [-0.25, -0.2) is 0 Å². The van der Waals surface area contributed by atoms with E-state index in [2.05, 4.69) is 32.2 Å². The Labute approximate surface area is 182 Å². The van der Waals surface area contributed by atoms with Gasteiger partial charge in [0.15, 0.2) is 0 Å². The number of benzene rings is 1. The van der Waals surface area contributed by atoms with Crippen LogP contribution in [0, 0.1) is 0 Å². The molecular formula is C22H29N7O2. The number of likely N-dealkylation sites (N-methyl/N-ethyl adjacent to an activating group) is 1. The molecule has 0 bridgehead atoms. The molecule has 2 aromatic heterocycles. The summed E-state index contributed by atoms with van der Waals surface area (Å²) in [5.41, 5.74) is 3.07. The fourth-order valence-corrected chi connectivity index (χ4v) is 3.67. The third kappa shape index (κ3) is 4.41. The lowest BCUT2D eigenvalue weighted by Crippen LogP contribution is -2.47. The minimum atomic E-state index is 0.0606. The standard InChI is InChI=1S/C22H29N7O2/c1-5-31-20-16-8-9-23-19(16)25-22(26-20)24-17-7-6-15(14-18(17)27(2)3)21(30)29-12-10-28(4)11-13-29/h6-9,14H,5,10-13H2,1-4H3,(H2,23,24,25,26). The lowest BCUT2D eigenvalue weighted by atomic mass is 10.1. The van der Waals surface area contributed by atoms with E-state index in [9.17, 15) is 4.79 Å². The zero-order chi connectivity index (χ0) is 22.0. The van der Waals surface area contributed by atoms with Crippen molar-refractivity contribution in [3.63, 3.8) is 0 Å². The van der Waals surface area contributed by atoms with Crippen molar-refractivity contribution < 1.29 is 9.53 Å². The third-order valence-electron chi connectivity index (χ3n) is 5.43. The molecule has 0 spiro atoms. The number of anilines is 3. The molecule has 9 heteroatoms. The molecule has 0 saturated carbocycles. The van der Waals surface area contributed by atoms with Crippen LogP contribution in [0.25, 0.3) is 11.0 Å². The summed E-state index contributed by atoms with van der Waals surface area (Å²) in [6.45, 7) is 5.73. The topological polar surface area (TPSA) is 89.6 Å². The van der Waals surface area contributed by atoms with Crippen LogP contribution >= 0.6 is 0 Å². The number of nitrogens with zero attached hydrogens (tertiary/aromatic N) is 5. The highest BCUT2D eigenvalue weighted by atomic mass is 16.5. The van der Waals surface area contributed by atoms with Crippen molar-refractivity contribution in [1.82, 2.24) is 24.8 Å². The van der Waals surface area contributed by atoms with Gasteiger partial charge < -0.3 is 29.7 Å². The average molecular weight is 424 g/mol. The molecule has 0 radical (unpaired) electrons. The molecule has 3 aromatic rings. The Balaban J connectivity index is 1.62. The Hall–Kier alpha value is -3.33. The summed E-state index contributed by atoms with van der Waals surface area (Å²) in [5.74, 6) is 1.02. The van der Waals surface area contributed by atoms with E-state index in [1.54, 1.807) is 0 Å². The highest BCUT2D eigenvalue weighted by molar-refractivity contribution is 5.97. The largest absolute Gasteiger partial charge is 0.477 e. The van der Waals surface area contributed by atoms with Crippen molar-refractivity contribution in [2.75, 3.05) is 64.1 Å². The van der Waals surface area contributed by atoms with Gasteiger partial charge in [-0.1, -0.05) is 0 Å². The molecule has 1 saturated heterocycles. The van der Waals surface area contributed by atoms with Crippen LogP contribution in [0.15, 0.2) is 30.5 Å². The van der Waals surface area contributed by atoms with Gasteiger partial charge in [-0.05, 0) is 38.2 Å². The lowest BCUT2D eigenvalue weighted by molar-refractivity contribution is 0.0664. The van der Waals surface area contributed by atoms with Gasteiger partial charge in [-0.3, -0.25) is 4.79 Å². The number of hydrogen-bond acceptors (Lipinski definition) is 7. The molecule has 1 amide bonds. The molecule has 1 aromatic carbocycles. The normalized spacial score (nSPS) is 14.6. The first-order valence-corrected chi connectivity index (χ1v) is 10.5. The Morgan fingerprint density at radius 2 is 1.97 bits per heavy atom. The van der Waals surface area contributed by atoms with Crippen molar-refractivity contribution in [3.8, 4) is 5.88 Å². The van der Waals surface area contributed by atoms with Crippen molar-refractivity contribution in [1.29, 1.82) is 0 Å². The number of aromatic amines is 1. The van der Waals surface area contributed by atoms with Crippen LogP contribution in [-0.4, -0.2) is 84.6 Å². The quantitative estimate of drug-likeness (QED) is 0.630. The fraction of sp³-hybridized carbons (Fsp3) is 0.409. The molecule has 2 N–H and O–H groups in total. The summed E-state index contributed by atoms with van der Waals surface area (Å²) in [6.07, 6.45) is 1.82. The SMILES string of the molecule is CCOc1nc(Nc2ccc(C(=O)N3CCN(C)CC3)cc2N(C)C)nc2[nH]ccc12. The summed E-state index contributed by atoms with van der Waals surface area (Å²) in [5, 5.41) is 4.13. The Morgan fingerprint density at radius 3 is 2.68 bits per heavy atom. The molecule has 4 rings (SSSR count). The third-order valence-corrected chi connectivity index (χ3v) is 5.43. The molecule has 31 heavy (non-hydrogen) atoms. The zero-order valence-electron chi connectivity index (χ0n) is 18.5. The molecule has 3 heterocycles. The van der Waals surface area contributed by atoms with Crippen LogP contribution in [0.1, 0.15) is 17.3 Å². The highest BCUT2D eigenvalue weighted by Gasteiger charge is 2.22. The molecule has 9 nitrogen and oxygen atoms in total. The van der Waals surface area contributed by atoms with Crippen LogP contribution in [0.5, 0.6) is 5.88 Å². The van der Waals surface area contributed by atoms with Crippen LogP contribution < -0.4 is 15.0 Å². The second-order valence-corrected chi connectivity index (χ2v) is 7.87. The monoisotopic (exact) mass is 423 g/mol. The van der Waals surface area contributed by atoms with E-state index in [0.717, 1.165) is 42.9 Å². The summed E-state index contributed by atoms with van der Waals surface area (Å²) >= 11 is 0. The second kappa shape index (κ2) is 8.81. The molecule has 1 aliphatic rings. The predicted octanol–water partition coefficient (Wildman–Crippen LogP) is 2.55. The minimum Gasteiger partial charge on any atom is -0.477 e. The molecule has 0 unspecified atom stereocenters. The minimum absolute atomic E-state index is 0.0606. The van der Waals surface area contributed by atoms with E-state index in [1.165, 1.54) is 0 Å². The Morgan fingerprint density at radius 1 is 1.19 bits per heavy atom. The van der Waals surface area contributed by atoms with Gasteiger partial charge in [0, 0.05) is 52.0 Å². The number of aromatic nitrogens is 3. The Bertz CT molecular complexity index is 1070. The first kappa shape index (κ1) is 20.9. The predicted molar refractivity (Wildman–Crippen MR) is 123 cm³/mol. The van der Waals surface area contributed by atoms with Crippen molar-refractivity contribution in [2.45, 2.75) is 6.92 Å². The fourth-order valence-electron chi connectivity index (χ4n) is 3.67. The van der Waals surface area contributed by atoms with Gasteiger partial charge in [0.05, 0.1) is 23.4 Å². The van der Waals surface area contributed by atoms with E-state index < -0.39 is 0 Å². The number of nitrogens with one attached hydrogen (secondary N) is 2. The molecule has 1 fully saturated rings. The maximum Gasteiger partial charge on any atom is 0.254 e. The van der Waals surface area contributed by atoms with Gasteiger partial charge in [0.1, 0.15) is 5.65 Å². The Kier molecular flexibility index (Phi) is 5.94. The second-order valence-electron chi connectivity index (χ2n) is 7.87. The summed E-state index contributed by atoms with van der Waals surface area (Å²) in [6, 6.07) is 7.57. The van der Waals surface area contributed by atoms with E-state index in [0.29, 0.717) is 29.6 Å². The number of carbonyl (C=O) groups excluding carboxylic acids is 1. The van der Waals surface area contributed by atoms with E-state index in [1.807, 2.05) is 61.3 Å². The van der Waals surface area contributed by atoms with Crippen molar-refractivity contribution in [2.24, 2.45) is 0 Å². The number of carbonyl (C=O) groups is 1. The average Bonchev–Trinajstić information content (AvgIpc) is 3.23. The number of hydrogen-bond donors (Lipinski definition) is 2. The van der Waals surface area contributed by atoms with Crippen LogP contribution in [0.4, 0.5) is 17.3 Å². The van der Waals surface area contributed by atoms with Gasteiger partial charge >= 0.3 is 0 Å². The number of rotatable bonds is 6. The van der Waals surface area contributed by atoms with Crippen molar-refractivity contribution in [3.05, 3.63) is 36.0 Å².